The lowest BCUT2D eigenvalue weighted by Crippen LogP contribution is -2.49. The van der Waals surface area contributed by atoms with Crippen LogP contribution in [0.2, 0.25) is 0 Å². The second-order valence-corrected chi connectivity index (χ2v) is 6.73. The summed E-state index contributed by atoms with van der Waals surface area (Å²) in [7, 11) is 0. The molecule has 0 saturated carbocycles. The molecule has 132 valence electrons. The van der Waals surface area contributed by atoms with Crippen LogP contribution in [-0.4, -0.2) is 28.9 Å². The van der Waals surface area contributed by atoms with Gasteiger partial charge in [-0.2, -0.15) is 0 Å². The van der Waals surface area contributed by atoms with Crippen molar-refractivity contribution in [2.75, 3.05) is 0 Å². The third-order valence-electron chi connectivity index (χ3n) is 3.47. The maximum Gasteiger partial charge on any atom is 0.330 e. The molecule has 0 bridgehead atoms. The number of amides is 2. The zero-order chi connectivity index (χ0) is 18.7. The normalized spacial score (nSPS) is 13.8. The molecule has 1 rings (SSSR count). The van der Waals surface area contributed by atoms with Crippen LogP contribution in [0.5, 0.6) is 0 Å². The maximum atomic E-state index is 13.3. The van der Waals surface area contributed by atoms with E-state index in [9.17, 15) is 23.9 Å². The van der Waals surface area contributed by atoms with Gasteiger partial charge >= 0.3 is 5.97 Å². The third-order valence-corrected chi connectivity index (χ3v) is 3.47. The number of carboxylic acid groups (broad SMARTS) is 1. The molecule has 2 atom stereocenters. The number of hydrogen-bond acceptors (Lipinski definition) is 3. The van der Waals surface area contributed by atoms with Gasteiger partial charge in [0.2, 0.25) is 11.8 Å². The second-order valence-electron chi connectivity index (χ2n) is 6.73. The molecular formula is C17H23FN2O4. The molecular weight excluding hydrogens is 315 g/mol. The lowest BCUT2D eigenvalue weighted by atomic mass is 9.95. The van der Waals surface area contributed by atoms with Crippen LogP contribution in [0.1, 0.15) is 44.9 Å². The van der Waals surface area contributed by atoms with Crippen LogP contribution in [0, 0.1) is 18.2 Å². The summed E-state index contributed by atoms with van der Waals surface area (Å²) in [5.74, 6) is -2.69. The Balaban J connectivity index is 2.88. The molecule has 0 heterocycles. The molecule has 0 aliphatic rings. The molecule has 0 radical (unpaired) electrons. The van der Waals surface area contributed by atoms with Crippen molar-refractivity contribution in [3.63, 3.8) is 0 Å². The summed E-state index contributed by atoms with van der Waals surface area (Å²) < 4.78 is 13.3. The van der Waals surface area contributed by atoms with Crippen molar-refractivity contribution in [2.24, 2.45) is 5.41 Å². The molecule has 1 aromatic rings. The Hall–Kier alpha value is -2.44. The van der Waals surface area contributed by atoms with Crippen LogP contribution in [0.25, 0.3) is 0 Å². The van der Waals surface area contributed by atoms with Crippen LogP contribution in [0.15, 0.2) is 18.2 Å². The number of benzene rings is 1. The van der Waals surface area contributed by atoms with Gasteiger partial charge < -0.3 is 15.7 Å². The van der Waals surface area contributed by atoms with Crippen molar-refractivity contribution < 1.29 is 23.9 Å². The number of aryl methyl sites for hydroxylation is 1. The first-order valence-electron chi connectivity index (χ1n) is 7.53. The van der Waals surface area contributed by atoms with E-state index < -0.39 is 35.2 Å². The van der Waals surface area contributed by atoms with Gasteiger partial charge in [-0.15, -0.1) is 0 Å². The molecule has 0 saturated heterocycles. The molecule has 1 aromatic carbocycles. The maximum absolute atomic E-state index is 13.3. The van der Waals surface area contributed by atoms with Crippen LogP contribution < -0.4 is 10.6 Å². The van der Waals surface area contributed by atoms with E-state index in [0.29, 0.717) is 0 Å². The number of halogens is 1. The number of carbonyl (C=O) groups is 3. The monoisotopic (exact) mass is 338 g/mol. The molecule has 6 nitrogen and oxygen atoms in total. The van der Waals surface area contributed by atoms with Gasteiger partial charge in [0.25, 0.3) is 0 Å². The number of carboxylic acids is 1. The van der Waals surface area contributed by atoms with Gasteiger partial charge in [-0.1, -0.05) is 32.9 Å². The van der Waals surface area contributed by atoms with Gasteiger partial charge in [0.15, 0.2) is 6.04 Å². The summed E-state index contributed by atoms with van der Waals surface area (Å²) >= 11 is 0. The highest BCUT2D eigenvalue weighted by Crippen LogP contribution is 2.18. The number of hydrogen-bond donors (Lipinski definition) is 3. The average Bonchev–Trinajstić information content (AvgIpc) is 2.46. The van der Waals surface area contributed by atoms with Crippen molar-refractivity contribution in [3.05, 3.63) is 35.1 Å². The molecule has 0 aromatic heterocycles. The van der Waals surface area contributed by atoms with E-state index in [4.69, 9.17) is 0 Å². The van der Waals surface area contributed by atoms with Gasteiger partial charge in [0.05, 0.1) is 0 Å². The molecule has 7 heteroatoms. The first kappa shape index (κ1) is 19.6. The minimum absolute atomic E-state index is 0.254. The van der Waals surface area contributed by atoms with Gasteiger partial charge in [-0.3, -0.25) is 9.59 Å². The van der Waals surface area contributed by atoms with E-state index in [1.807, 2.05) is 0 Å². The highest BCUT2D eigenvalue weighted by molar-refractivity contribution is 5.91. The summed E-state index contributed by atoms with van der Waals surface area (Å²) in [6.45, 7) is 8.08. The fraction of sp³-hybridized carbons (Fsp3) is 0.471. The number of carbonyl (C=O) groups excluding carboxylic acids is 2. The minimum Gasteiger partial charge on any atom is -0.479 e. The quantitative estimate of drug-likeness (QED) is 0.764. The Morgan fingerprint density at radius 1 is 1.17 bits per heavy atom. The summed E-state index contributed by atoms with van der Waals surface area (Å²) in [5, 5.41) is 14.2. The Morgan fingerprint density at radius 2 is 1.75 bits per heavy atom. The largest absolute Gasteiger partial charge is 0.479 e. The van der Waals surface area contributed by atoms with Crippen molar-refractivity contribution in [1.29, 1.82) is 0 Å². The smallest absolute Gasteiger partial charge is 0.330 e. The minimum atomic E-state index is -1.33. The van der Waals surface area contributed by atoms with Crippen LogP contribution in [-0.2, 0) is 14.4 Å². The SMILES string of the molecule is Cc1cc(C(NC(=O)C(C)NC(=O)C(C)(C)C)C(=O)O)ccc1F. The number of rotatable bonds is 5. The lowest BCUT2D eigenvalue weighted by Gasteiger charge is -2.23. The van der Waals surface area contributed by atoms with E-state index >= 15 is 0 Å². The van der Waals surface area contributed by atoms with Gasteiger partial charge in [0.1, 0.15) is 11.9 Å². The fourth-order valence-corrected chi connectivity index (χ4v) is 1.88. The van der Waals surface area contributed by atoms with Crippen molar-refractivity contribution in [1.82, 2.24) is 10.6 Å². The first-order chi connectivity index (χ1) is 10.9. The van der Waals surface area contributed by atoms with E-state index in [1.165, 1.54) is 26.0 Å². The lowest BCUT2D eigenvalue weighted by molar-refractivity contribution is -0.142. The van der Waals surface area contributed by atoms with E-state index in [-0.39, 0.29) is 17.0 Å². The molecule has 0 aliphatic heterocycles. The Labute approximate surface area is 140 Å². The highest BCUT2D eigenvalue weighted by Gasteiger charge is 2.28. The molecule has 3 N–H and O–H groups in total. The summed E-state index contributed by atoms with van der Waals surface area (Å²) in [6.07, 6.45) is 0. The zero-order valence-corrected chi connectivity index (χ0v) is 14.4. The molecule has 0 spiro atoms. The predicted octanol–water partition coefficient (Wildman–Crippen LogP) is 1.93. The van der Waals surface area contributed by atoms with E-state index in [1.54, 1.807) is 20.8 Å². The number of aliphatic carboxylic acids is 1. The van der Waals surface area contributed by atoms with Gasteiger partial charge in [-0.25, -0.2) is 9.18 Å². The third kappa shape index (κ3) is 5.04. The van der Waals surface area contributed by atoms with Crippen LogP contribution >= 0.6 is 0 Å². The Morgan fingerprint density at radius 3 is 2.21 bits per heavy atom. The Kier molecular flexibility index (Phi) is 6.06. The van der Waals surface area contributed by atoms with Crippen molar-refractivity contribution in [3.8, 4) is 0 Å². The van der Waals surface area contributed by atoms with Crippen molar-refractivity contribution in [2.45, 2.75) is 46.7 Å². The molecule has 24 heavy (non-hydrogen) atoms. The molecule has 0 fully saturated rings. The first-order valence-corrected chi connectivity index (χ1v) is 7.53. The van der Waals surface area contributed by atoms with E-state index in [0.717, 1.165) is 6.07 Å². The molecule has 2 unspecified atom stereocenters. The Bertz CT molecular complexity index is 652. The fourth-order valence-electron chi connectivity index (χ4n) is 1.88. The standard InChI is InChI=1S/C17H23FN2O4/c1-9-8-11(6-7-12(9)18)13(15(22)23)20-14(21)10(2)19-16(24)17(3,4)5/h6-8,10,13H,1-5H3,(H,19,24)(H,20,21)(H,22,23). The van der Waals surface area contributed by atoms with Crippen LogP contribution in [0.3, 0.4) is 0 Å². The topological polar surface area (TPSA) is 95.5 Å². The molecule has 0 aliphatic carbocycles. The van der Waals surface area contributed by atoms with Crippen molar-refractivity contribution >= 4 is 17.8 Å². The predicted molar refractivity (Wildman–Crippen MR) is 86.7 cm³/mol. The van der Waals surface area contributed by atoms with E-state index in [2.05, 4.69) is 10.6 Å². The highest BCUT2D eigenvalue weighted by atomic mass is 19.1. The zero-order valence-electron chi connectivity index (χ0n) is 14.4. The van der Waals surface area contributed by atoms with Crippen LogP contribution in [0.4, 0.5) is 4.39 Å². The number of nitrogens with one attached hydrogen (secondary N) is 2. The summed E-state index contributed by atoms with van der Waals surface area (Å²) in [5.41, 5.74) is -0.138. The summed E-state index contributed by atoms with van der Waals surface area (Å²) in [4.78, 5) is 35.5. The average molecular weight is 338 g/mol. The molecule has 2 amide bonds. The summed E-state index contributed by atoms with van der Waals surface area (Å²) in [6, 6.07) is 1.59. The van der Waals surface area contributed by atoms with Gasteiger partial charge in [0, 0.05) is 5.41 Å². The van der Waals surface area contributed by atoms with Gasteiger partial charge in [-0.05, 0) is 31.0 Å². The second kappa shape index (κ2) is 7.42.